The van der Waals surface area contributed by atoms with E-state index in [-0.39, 0.29) is 24.8 Å². The summed E-state index contributed by atoms with van der Waals surface area (Å²) in [6.07, 6.45) is 5.68. The number of pyridine rings is 1. The highest BCUT2D eigenvalue weighted by Crippen LogP contribution is 2.16. The average Bonchev–Trinajstić information content (AvgIpc) is 2.58. The Balaban J connectivity index is 0.00000264. The first-order valence-electron chi connectivity index (χ1n) is 8.29. The van der Waals surface area contributed by atoms with Crippen LogP contribution in [0.4, 0.5) is 0 Å². The molecule has 24 heavy (non-hydrogen) atoms. The lowest BCUT2D eigenvalue weighted by Crippen LogP contribution is -2.46. The molecule has 0 unspecified atom stereocenters. The van der Waals surface area contributed by atoms with Gasteiger partial charge in [0.25, 0.3) is 0 Å². The summed E-state index contributed by atoms with van der Waals surface area (Å²) in [4.78, 5) is 19.0. The van der Waals surface area contributed by atoms with Crippen LogP contribution in [0, 0.1) is 0 Å². The summed E-state index contributed by atoms with van der Waals surface area (Å²) in [6, 6.07) is 6.41. The molecule has 1 aliphatic heterocycles. The molecular formula is C17H29Cl2N3OS. The predicted octanol–water partition coefficient (Wildman–Crippen LogP) is 3.54. The summed E-state index contributed by atoms with van der Waals surface area (Å²) >= 11 is 1.79. The third-order valence-electron chi connectivity index (χ3n) is 3.97. The number of carbonyl (C=O) groups excluding carboxylic acids is 1. The van der Waals surface area contributed by atoms with Gasteiger partial charge in [-0.1, -0.05) is 13.0 Å². The summed E-state index contributed by atoms with van der Waals surface area (Å²) in [5.41, 5.74) is 1.09. The van der Waals surface area contributed by atoms with E-state index in [1.165, 1.54) is 0 Å². The summed E-state index contributed by atoms with van der Waals surface area (Å²) in [5, 5.41) is 3.37. The van der Waals surface area contributed by atoms with E-state index in [1.807, 2.05) is 24.4 Å². The number of thioether (sulfide) groups is 1. The molecule has 0 saturated carbocycles. The second kappa shape index (κ2) is 13.8. The number of carbonyl (C=O) groups is 1. The lowest BCUT2D eigenvalue weighted by atomic mass is 10.0. The van der Waals surface area contributed by atoms with Gasteiger partial charge in [-0.2, -0.15) is 11.8 Å². The van der Waals surface area contributed by atoms with Crippen LogP contribution in [-0.4, -0.2) is 47.2 Å². The molecule has 1 amide bonds. The molecule has 0 aliphatic carbocycles. The Morgan fingerprint density at radius 3 is 2.71 bits per heavy atom. The number of hydrogen-bond acceptors (Lipinski definition) is 4. The van der Waals surface area contributed by atoms with Gasteiger partial charge in [-0.15, -0.1) is 24.8 Å². The maximum absolute atomic E-state index is 12.5. The molecule has 0 atom stereocenters. The molecule has 1 aliphatic rings. The van der Waals surface area contributed by atoms with Crippen molar-refractivity contribution in [3.05, 3.63) is 30.1 Å². The van der Waals surface area contributed by atoms with Crippen molar-refractivity contribution in [3.63, 3.8) is 0 Å². The Kier molecular flexibility index (Phi) is 13.5. The van der Waals surface area contributed by atoms with Crippen LogP contribution in [0.25, 0.3) is 0 Å². The van der Waals surface area contributed by atoms with E-state index in [4.69, 9.17) is 0 Å². The lowest BCUT2D eigenvalue weighted by Gasteiger charge is -2.34. The van der Waals surface area contributed by atoms with E-state index < -0.39 is 0 Å². The smallest absolute Gasteiger partial charge is 0.223 e. The summed E-state index contributed by atoms with van der Waals surface area (Å²) in [5.74, 6) is 2.08. The molecule has 7 heteroatoms. The van der Waals surface area contributed by atoms with E-state index in [2.05, 4.69) is 22.1 Å². The van der Waals surface area contributed by atoms with Gasteiger partial charge in [-0.3, -0.25) is 9.78 Å². The molecule has 1 fully saturated rings. The zero-order valence-corrected chi connectivity index (χ0v) is 16.7. The van der Waals surface area contributed by atoms with Gasteiger partial charge in [0, 0.05) is 36.7 Å². The minimum Gasteiger partial charge on any atom is -0.340 e. The fourth-order valence-electron chi connectivity index (χ4n) is 2.83. The van der Waals surface area contributed by atoms with E-state index in [0.717, 1.165) is 56.1 Å². The van der Waals surface area contributed by atoms with E-state index in [0.29, 0.717) is 18.4 Å². The largest absolute Gasteiger partial charge is 0.340 e. The van der Waals surface area contributed by atoms with Crippen LogP contribution in [0.2, 0.25) is 0 Å². The van der Waals surface area contributed by atoms with Crippen molar-refractivity contribution < 1.29 is 4.79 Å². The van der Waals surface area contributed by atoms with Crippen LogP contribution < -0.4 is 5.32 Å². The lowest BCUT2D eigenvalue weighted by molar-refractivity contribution is -0.133. The van der Waals surface area contributed by atoms with E-state index >= 15 is 0 Å². The third kappa shape index (κ3) is 8.06. The first kappa shape index (κ1) is 23.5. The Morgan fingerprint density at radius 1 is 1.33 bits per heavy atom. The quantitative estimate of drug-likeness (QED) is 0.685. The van der Waals surface area contributed by atoms with Crippen molar-refractivity contribution in [2.45, 2.75) is 44.4 Å². The molecule has 2 heterocycles. The number of halogens is 2. The number of aromatic nitrogens is 1. The SMILES string of the molecule is CCCN(C(=O)CCSCc1ccccn1)C1CCNCC1.Cl.Cl. The second-order valence-electron chi connectivity index (χ2n) is 5.69. The molecule has 1 aromatic heterocycles. The van der Waals surface area contributed by atoms with Gasteiger partial charge in [0.15, 0.2) is 0 Å². The molecule has 0 bridgehead atoms. The van der Waals surface area contributed by atoms with Gasteiger partial charge in [-0.05, 0) is 44.5 Å². The first-order valence-corrected chi connectivity index (χ1v) is 9.44. The Morgan fingerprint density at radius 2 is 2.08 bits per heavy atom. The molecule has 138 valence electrons. The molecule has 1 N–H and O–H groups in total. The van der Waals surface area contributed by atoms with Crippen molar-refractivity contribution in [1.82, 2.24) is 15.2 Å². The molecular weight excluding hydrogens is 365 g/mol. The highest BCUT2D eigenvalue weighted by Gasteiger charge is 2.24. The number of nitrogens with zero attached hydrogens (tertiary/aromatic N) is 2. The Hall–Kier alpha value is -0.490. The number of rotatable bonds is 8. The van der Waals surface area contributed by atoms with Crippen molar-refractivity contribution in [2.75, 3.05) is 25.4 Å². The van der Waals surface area contributed by atoms with Gasteiger partial charge >= 0.3 is 0 Å². The minimum absolute atomic E-state index is 0. The van der Waals surface area contributed by atoms with Crippen molar-refractivity contribution in [2.24, 2.45) is 0 Å². The topological polar surface area (TPSA) is 45.2 Å². The molecule has 0 radical (unpaired) electrons. The van der Waals surface area contributed by atoms with E-state index in [1.54, 1.807) is 11.8 Å². The zero-order chi connectivity index (χ0) is 15.6. The normalized spacial score (nSPS) is 14.4. The third-order valence-corrected chi connectivity index (χ3v) is 4.96. The molecule has 0 aromatic carbocycles. The van der Waals surface area contributed by atoms with E-state index in [9.17, 15) is 4.79 Å². The summed E-state index contributed by atoms with van der Waals surface area (Å²) in [6.45, 7) is 5.12. The van der Waals surface area contributed by atoms with Crippen LogP contribution >= 0.6 is 36.6 Å². The van der Waals surface area contributed by atoms with Gasteiger partial charge in [0.1, 0.15) is 0 Å². The van der Waals surface area contributed by atoms with Gasteiger partial charge < -0.3 is 10.2 Å². The highest BCUT2D eigenvalue weighted by atomic mass is 35.5. The fraction of sp³-hybridized carbons (Fsp3) is 0.647. The number of nitrogens with one attached hydrogen (secondary N) is 1. The molecule has 2 rings (SSSR count). The van der Waals surface area contributed by atoms with Crippen LogP contribution in [-0.2, 0) is 10.5 Å². The Labute approximate surface area is 162 Å². The maximum atomic E-state index is 12.5. The van der Waals surface area contributed by atoms with Gasteiger partial charge in [0.2, 0.25) is 5.91 Å². The minimum atomic E-state index is 0. The summed E-state index contributed by atoms with van der Waals surface area (Å²) < 4.78 is 0. The molecule has 4 nitrogen and oxygen atoms in total. The van der Waals surface area contributed by atoms with Crippen LogP contribution in [0.3, 0.4) is 0 Å². The highest BCUT2D eigenvalue weighted by molar-refractivity contribution is 7.98. The standard InChI is InChI=1S/C17H27N3OS.2ClH/c1-2-12-20(16-6-10-18-11-7-16)17(21)8-13-22-14-15-5-3-4-9-19-15;;/h3-5,9,16,18H,2,6-8,10-14H2,1H3;2*1H. The van der Waals surface area contributed by atoms with Crippen molar-refractivity contribution in [1.29, 1.82) is 0 Å². The second-order valence-corrected chi connectivity index (χ2v) is 6.80. The number of amides is 1. The first-order chi connectivity index (χ1) is 10.8. The van der Waals surface area contributed by atoms with Crippen LogP contribution in [0.5, 0.6) is 0 Å². The monoisotopic (exact) mass is 393 g/mol. The predicted molar refractivity (Wildman–Crippen MR) is 107 cm³/mol. The zero-order valence-electron chi connectivity index (χ0n) is 14.3. The van der Waals surface area contributed by atoms with Crippen LogP contribution in [0.1, 0.15) is 38.3 Å². The van der Waals surface area contributed by atoms with Gasteiger partial charge in [-0.25, -0.2) is 0 Å². The van der Waals surface area contributed by atoms with Gasteiger partial charge in [0.05, 0.1) is 5.69 Å². The molecule has 1 aromatic rings. The number of hydrogen-bond donors (Lipinski definition) is 1. The van der Waals surface area contributed by atoms with Crippen molar-refractivity contribution in [3.8, 4) is 0 Å². The maximum Gasteiger partial charge on any atom is 0.223 e. The number of piperidine rings is 1. The van der Waals surface area contributed by atoms with Crippen LogP contribution in [0.15, 0.2) is 24.4 Å². The summed E-state index contributed by atoms with van der Waals surface area (Å²) in [7, 11) is 0. The van der Waals surface area contributed by atoms with Crippen molar-refractivity contribution >= 4 is 42.5 Å². The fourth-order valence-corrected chi connectivity index (χ4v) is 3.68. The molecule has 0 spiro atoms. The average molecular weight is 394 g/mol. The Bertz CT molecular complexity index is 445. The molecule has 1 saturated heterocycles.